The molecule has 1 aliphatic heterocycles. The quantitative estimate of drug-likeness (QED) is 0.668. The summed E-state index contributed by atoms with van der Waals surface area (Å²) in [5.41, 5.74) is 0. The summed E-state index contributed by atoms with van der Waals surface area (Å²) in [6, 6.07) is 1.59. The fourth-order valence-electron chi connectivity index (χ4n) is 1.93. The molecule has 0 aromatic heterocycles. The fourth-order valence-corrected chi connectivity index (χ4v) is 3.07. The molecule has 0 bridgehead atoms. The summed E-state index contributed by atoms with van der Waals surface area (Å²) in [7, 11) is 0. The van der Waals surface area contributed by atoms with E-state index in [1.807, 2.05) is 0 Å². The average Bonchev–Trinajstić information content (AvgIpc) is 2.05. The molecule has 0 N–H and O–H groups in total. The van der Waals surface area contributed by atoms with Gasteiger partial charge >= 0.3 is 0 Å². The van der Waals surface area contributed by atoms with E-state index in [0.717, 1.165) is 12.1 Å². The third-order valence-corrected chi connectivity index (χ3v) is 3.65. The van der Waals surface area contributed by atoms with E-state index in [0.29, 0.717) is 0 Å². The van der Waals surface area contributed by atoms with Crippen molar-refractivity contribution in [3.8, 4) is 0 Å². The van der Waals surface area contributed by atoms with E-state index in [1.54, 1.807) is 0 Å². The van der Waals surface area contributed by atoms with Gasteiger partial charge in [0.05, 0.1) is 0 Å². The van der Waals surface area contributed by atoms with Gasteiger partial charge in [-0.05, 0) is 20.3 Å². The maximum Gasteiger partial charge on any atom is 0.0189 e. The first-order chi connectivity index (χ1) is 5.75. The smallest absolute Gasteiger partial charge is 0.0189 e. The van der Waals surface area contributed by atoms with Gasteiger partial charge in [0.25, 0.3) is 0 Å². The highest BCUT2D eigenvalue weighted by Crippen LogP contribution is 2.21. The summed E-state index contributed by atoms with van der Waals surface area (Å²) in [6.45, 7) is 8.22. The van der Waals surface area contributed by atoms with Crippen molar-refractivity contribution in [2.45, 2.75) is 45.7 Å². The van der Waals surface area contributed by atoms with Gasteiger partial charge in [0.15, 0.2) is 0 Å². The Labute approximate surface area is 80.9 Å². The van der Waals surface area contributed by atoms with Crippen LogP contribution in [0.2, 0.25) is 0 Å². The van der Waals surface area contributed by atoms with Gasteiger partial charge in [-0.1, -0.05) is 13.3 Å². The summed E-state index contributed by atoms with van der Waals surface area (Å²) >= 11 is 2.12. The molecule has 1 heterocycles. The minimum atomic E-state index is 0.738. The normalized spacial score (nSPS) is 26.5. The second kappa shape index (κ2) is 5.13. The number of hydrogen-bond acceptors (Lipinski definition) is 2. The molecule has 0 aromatic carbocycles. The molecule has 0 aromatic rings. The molecule has 1 fully saturated rings. The van der Waals surface area contributed by atoms with Crippen molar-refractivity contribution in [1.29, 1.82) is 0 Å². The molecule has 1 rings (SSSR count). The Morgan fingerprint density at radius 3 is 2.83 bits per heavy atom. The number of thioether (sulfide) groups is 1. The van der Waals surface area contributed by atoms with Crippen LogP contribution in [-0.2, 0) is 0 Å². The van der Waals surface area contributed by atoms with Crippen molar-refractivity contribution in [2.24, 2.45) is 0 Å². The van der Waals surface area contributed by atoms with Crippen LogP contribution in [0.15, 0.2) is 0 Å². The first kappa shape index (κ1) is 10.4. The molecule has 1 nitrogen and oxygen atoms in total. The van der Waals surface area contributed by atoms with Crippen LogP contribution in [0.3, 0.4) is 0 Å². The van der Waals surface area contributed by atoms with Crippen LogP contribution in [0.25, 0.3) is 0 Å². The van der Waals surface area contributed by atoms with Gasteiger partial charge in [0.1, 0.15) is 0 Å². The van der Waals surface area contributed by atoms with Gasteiger partial charge in [-0.2, -0.15) is 11.8 Å². The summed E-state index contributed by atoms with van der Waals surface area (Å²) in [5.74, 6) is 2.68. The van der Waals surface area contributed by atoms with Crippen molar-refractivity contribution in [1.82, 2.24) is 4.90 Å². The zero-order valence-electron chi connectivity index (χ0n) is 8.55. The third-order valence-electron chi connectivity index (χ3n) is 2.56. The van der Waals surface area contributed by atoms with Crippen LogP contribution in [0, 0.1) is 0 Å². The van der Waals surface area contributed by atoms with Gasteiger partial charge < -0.3 is 0 Å². The molecule has 1 atom stereocenters. The Hall–Kier alpha value is 0.310. The van der Waals surface area contributed by atoms with Crippen LogP contribution in [0.5, 0.6) is 0 Å². The fraction of sp³-hybridized carbons (Fsp3) is 1.00. The number of rotatable bonds is 3. The molecule has 0 aliphatic carbocycles. The first-order valence-electron chi connectivity index (χ1n) is 5.09. The Morgan fingerprint density at radius 1 is 1.50 bits per heavy atom. The Bertz CT molecular complexity index is 123. The summed E-state index contributed by atoms with van der Waals surface area (Å²) < 4.78 is 0. The SMILES string of the molecule is CCCC1CSCCN1C(C)C. The van der Waals surface area contributed by atoms with E-state index in [9.17, 15) is 0 Å². The maximum absolute atomic E-state index is 2.67. The van der Waals surface area contributed by atoms with Crippen molar-refractivity contribution >= 4 is 11.8 Å². The predicted octanol–water partition coefficient (Wildman–Crippen LogP) is 2.61. The van der Waals surface area contributed by atoms with E-state index in [1.165, 1.54) is 30.9 Å². The highest BCUT2D eigenvalue weighted by molar-refractivity contribution is 7.99. The molecule has 72 valence electrons. The van der Waals surface area contributed by atoms with E-state index < -0.39 is 0 Å². The Morgan fingerprint density at radius 2 is 2.25 bits per heavy atom. The molecule has 0 radical (unpaired) electrons. The molecular formula is C10H21NS. The molecule has 2 heteroatoms. The van der Waals surface area contributed by atoms with E-state index >= 15 is 0 Å². The topological polar surface area (TPSA) is 3.24 Å². The maximum atomic E-state index is 2.67. The summed E-state index contributed by atoms with van der Waals surface area (Å²) in [6.07, 6.45) is 2.71. The standard InChI is InChI=1S/C10H21NS/c1-4-5-10-8-12-7-6-11(10)9(2)3/h9-10H,4-8H2,1-3H3. The third kappa shape index (κ3) is 2.67. The summed E-state index contributed by atoms with van der Waals surface area (Å²) in [4.78, 5) is 2.67. The molecular weight excluding hydrogens is 166 g/mol. The average molecular weight is 187 g/mol. The Balaban J connectivity index is 2.42. The lowest BCUT2D eigenvalue weighted by Crippen LogP contribution is -2.46. The van der Waals surface area contributed by atoms with E-state index in [2.05, 4.69) is 37.4 Å². The largest absolute Gasteiger partial charge is 0.296 e. The molecule has 1 aliphatic rings. The van der Waals surface area contributed by atoms with Gasteiger partial charge in [-0.25, -0.2) is 0 Å². The highest BCUT2D eigenvalue weighted by atomic mass is 32.2. The van der Waals surface area contributed by atoms with E-state index in [-0.39, 0.29) is 0 Å². The van der Waals surface area contributed by atoms with Crippen molar-refractivity contribution in [2.75, 3.05) is 18.1 Å². The first-order valence-corrected chi connectivity index (χ1v) is 6.24. The van der Waals surface area contributed by atoms with Gasteiger partial charge in [-0.15, -0.1) is 0 Å². The van der Waals surface area contributed by atoms with Crippen LogP contribution in [0.1, 0.15) is 33.6 Å². The van der Waals surface area contributed by atoms with Gasteiger partial charge in [0, 0.05) is 30.1 Å². The second-order valence-corrected chi connectivity index (χ2v) is 5.00. The predicted molar refractivity (Wildman–Crippen MR) is 57.9 cm³/mol. The van der Waals surface area contributed by atoms with E-state index in [4.69, 9.17) is 0 Å². The van der Waals surface area contributed by atoms with Gasteiger partial charge in [-0.3, -0.25) is 4.90 Å². The minimum Gasteiger partial charge on any atom is -0.296 e. The zero-order chi connectivity index (χ0) is 8.97. The zero-order valence-corrected chi connectivity index (χ0v) is 9.36. The number of nitrogens with zero attached hydrogens (tertiary/aromatic N) is 1. The van der Waals surface area contributed by atoms with Crippen molar-refractivity contribution in [3.63, 3.8) is 0 Å². The molecule has 1 unspecified atom stereocenters. The van der Waals surface area contributed by atoms with Crippen LogP contribution in [0.4, 0.5) is 0 Å². The molecule has 0 saturated carbocycles. The van der Waals surface area contributed by atoms with Crippen molar-refractivity contribution < 1.29 is 0 Å². The highest BCUT2D eigenvalue weighted by Gasteiger charge is 2.23. The summed E-state index contributed by atoms with van der Waals surface area (Å²) in [5, 5.41) is 0. The molecule has 0 spiro atoms. The van der Waals surface area contributed by atoms with Crippen molar-refractivity contribution in [3.05, 3.63) is 0 Å². The van der Waals surface area contributed by atoms with Crippen LogP contribution in [-0.4, -0.2) is 35.0 Å². The van der Waals surface area contributed by atoms with Crippen LogP contribution < -0.4 is 0 Å². The number of hydrogen-bond donors (Lipinski definition) is 0. The second-order valence-electron chi connectivity index (χ2n) is 3.85. The monoisotopic (exact) mass is 187 g/mol. The lowest BCUT2D eigenvalue weighted by molar-refractivity contribution is 0.164. The minimum absolute atomic E-state index is 0.738. The Kier molecular flexibility index (Phi) is 4.44. The van der Waals surface area contributed by atoms with Crippen LogP contribution >= 0.6 is 11.8 Å². The molecule has 0 amide bonds. The lowest BCUT2D eigenvalue weighted by atomic mass is 10.1. The molecule has 12 heavy (non-hydrogen) atoms. The lowest BCUT2D eigenvalue weighted by Gasteiger charge is -2.38. The van der Waals surface area contributed by atoms with Gasteiger partial charge in [0.2, 0.25) is 0 Å². The molecule has 1 saturated heterocycles.